The Kier molecular flexibility index (Phi) is 7.13. The summed E-state index contributed by atoms with van der Waals surface area (Å²) >= 11 is 0. The van der Waals surface area contributed by atoms with Gasteiger partial charge >= 0.3 is 18.3 Å². The Balaban J connectivity index is 2.39. The molecule has 31 heavy (non-hydrogen) atoms. The fraction of sp³-hybridized carbons (Fsp3) is 0.556. The lowest BCUT2D eigenvalue weighted by molar-refractivity contribution is 0.0487. The summed E-state index contributed by atoms with van der Waals surface area (Å²) in [6.07, 6.45) is -1.51. The topological polar surface area (TPSA) is 181 Å². The maximum atomic E-state index is 12.3. The molecular formula is C18H25N7O6. The molecule has 0 unspecified atom stereocenters. The molecule has 168 valence electrons. The molecule has 1 aliphatic heterocycles. The zero-order valence-corrected chi connectivity index (χ0v) is 17.6. The Labute approximate surface area is 178 Å². The number of imide groups is 1. The van der Waals surface area contributed by atoms with Crippen LogP contribution in [0.15, 0.2) is 23.6 Å². The van der Waals surface area contributed by atoms with E-state index in [1.807, 2.05) is 6.92 Å². The van der Waals surface area contributed by atoms with Gasteiger partial charge in [0.1, 0.15) is 11.3 Å². The molecule has 2 heterocycles. The minimum Gasteiger partial charge on any atom is -0.464 e. The maximum absolute atomic E-state index is 12.3. The Morgan fingerprint density at radius 2 is 1.97 bits per heavy atom. The number of nitrogens with zero attached hydrogens (tertiary/aromatic N) is 6. The number of alkyl carbamates (subject to hydrolysis) is 1. The fourth-order valence-corrected chi connectivity index (χ4v) is 3.42. The second kappa shape index (κ2) is 9.39. The number of amides is 3. The van der Waals surface area contributed by atoms with E-state index in [0.29, 0.717) is 12.2 Å². The van der Waals surface area contributed by atoms with Gasteiger partial charge in [0.2, 0.25) is 0 Å². The van der Waals surface area contributed by atoms with Gasteiger partial charge in [-0.15, -0.1) is 0 Å². The van der Waals surface area contributed by atoms with Crippen LogP contribution in [-0.2, 0) is 4.74 Å². The zero-order valence-electron chi connectivity index (χ0n) is 17.6. The highest BCUT2D eigenvalue weighted by Crippen LogP contribution is 2.33. The maximum Gasteiger partial charge on any atom is 0.421 e. The predicted octanol–water partition coefficient (Wildman–Crippen LogP) is 3.27. The van der Waals surface area contributed by atoms with Crippen molar-refractivity contribution in [1.29, 1.82) is 0 Å². The van der Waals surface area contributed by atoms with Crippen LogP contribution in [0.4, 0.5) is 25.8 Å². The molecule has 13 heteroatoms. The summed E-state index contributed by atoms with van der Waals surface area (Å²) in [6, 6.07) is 0.229. The molecule has 0 bridgehead atoms. The van der Waals surface area contributed by atoms with Crippen molar-refractivity contribution in [3.63, 3.8) is 0 Å². The lowest BCUT2D eigenvalue weighted by Crippen LogP contribution is -2.58. The number of anilines is 2. The molecule has 0 saturated carbocycles. The highest BCUT2D eigenvalue weighted by molar-refractivity contribution is 6.10. The number of azide groups is 1. The van der Waals surface area contributed by atoms with Crippen LogP contribution in [0, 0.1) is 5.92 Å². The van der Waals surface area contributed by atoms with Crippen molar-refractivity contribution >= 4 is 29.7 Å². The molecule has 0 radical (unpaired) electrons. The van der Waals surface area contributed by atoms with E-state index < -0.39 is 36.0 Å². The Morgan fingerprint density at radius 1 is 1.32 bits per heavy atom. The molecule has 0 spiro atoms. The predicted molar refractivity (Wildman–Crippen MR) is 110 cm³/mol. The van der Waals surface area contributed by atoms with Gasteiger partial charge in [-0.05, 0) is 38.3 Å². The quantitative estimate of drug-likeness (QED) is 0.366. The van der Waals surface area contributed by atoms with E-state index in [1.54, 1.807) is 25.7 Å². The second-order valence-corrected chi connectivity index (χ2v) is 8.10. The van der Waals surface area contributed by atoms with Gasteiger partial charge in [0, 0.05) is 24.2 Å². The van der Waals surface area contributed by atoms with Crippen molar-refractivity contribution in [2.45, 2.75) is 45.4 Å². The number of hydrogen-bond acceptors (Lipinski definition) is 7. The van der Waals surface area contributed by atoms with Crippen LogP contribution in [0.2, 0.25) is 0 Å². The van der Waals surface area contributed by atoms with Gasteiger partial charge in [-0.3, -0.25) is 4.98 Å². The number of piperidine rings is 1. The molecule has 3 amide bonds. The molecule has 13 nitrogen and oxygen atoms in total. The third-order valence-corrected chi connectivity index (χ3v) is 4.55. The normalized spacial score (nSPS) is 20.9. The smallest absolute Gasteiger partial charge is 0.421 e. The van der Waals surface area contributed by atoms with Gasteiger partial charge in [0.05, 0.1) is 24.0 Å². The van der Waals surface area contributed by atoms with Gasteiger partial charge < -0.3 is 25.2 Å². The first-order chi connectivity index (χ1) is 14.4. The first-order valence-corrected chi connectivity index (χ1v) is 9.43. The standard InChI is InChI=1S/C18H25N7O6/c1-10-8-24(12-5-6-20-7-13(12)25(16(27)28)17(29)30)9-11(14(10)22-23-19)21-15(26)31-18(2,3)4/h5-7,10-11,14H,8-9H2,1-4H3,(H,21,26)(H,27,28)(H,29,30)/t10-,11+,14-/m0/s1. The van der Waals surface area contributed by atoms with Crippen LogP contribution in [0.25, 0.3) is 10.4 Å². The van der Waals surface area contributed by atoms with Gasteiger partial charge in [-0.2, -0.15) is 4.90 Å². The van der Waals surface area contributed by atoms with E-state index in [1.165, 1.54) is 12.3 Å². The minimum absolute atomic E-state index is 0.122. The highest BCUT2D eigenvalue weighted by atomic mass is 16.6. The van der Waals surface area contributed by atoms with Crippen molar-refractivity contribution < 1.29 is 29.3 Å². The molecule has 0 aromatic carbocycles. The minimum atomic E-state index is -1.68. The number of aromatic nitrogens is 1. The summed E-state index contributed by atoms with van der Waals surface area (Å²) in [6.45, 7) is 7.38. The van der Waals surface area contributed by atoms with E-state index in [4.69, 9.17) is 10.3 Å². The van der Waals surface area contributed by atoms with Crippen molar-refractivity contribution in [3.8, 4) is 0 Å². The molecule has 3 N–H and O–H groups in total. The van der Waals surface area contributed by atoms with E-state index in [0.717, 1.165) is 6.20 Å². The number of rotatable bonds is 4. The van der Waals surface area contributed by atoms with Crippen molar-refractivity contribution in [2.75, 3.05) is 22.9 Å². The van der Waals surface area contributed by atoms with Crippen LogP contribution in [0.5, 0.6) is 0 Å². The molecule has 1 aromatic heterocycles. The molecule has 1 aliphatic rings. The average Bonchev–Trinajstić information content (AvgIpc) is 2.62. The summed E-state index contributed by atoms with van der Waals surface area (Å²) < 4.78 is 5.29. The third-order valence-electron chi connectivity index (χ3n) is 4.55. The van der Waals surface area contributed by atoms with E-state index in [9.17, 15) is 24.6 Å². The summed E-state index contributed by atoms with van der Waals surface area (Å²) in [7, 11) is 0. The monoisotopic (exact) mass is 435 g/mol. The Bertz CT molecular complexity index is 882. The van der Waals surface area contributed by atoms with Gasteiger partial charge in [-0.1, -0.05) is 12.0 Å². The van der Waals surface area contributed by atoms with E-state index >= 15 is 0 Å². The van der Waals surface area contributed by atoms with Crippen molar-refractivity contribution in [1.82, 2.24) is 10.3 Å². The molecule has 1 fully saturated rings. The van der Waals surface area contributed by atoms with Gasteiger partial charge in [0.15, 0.2) is 0 Å². The summed E-state index contributed by atoms with van der Waals surface area (Å²) in [5.74, 6) is -0.256. The Hall–Kier alpha value is -3.73. The lowest BCUT2D eigenvalue weighted by Gasteiger charge is -2.42. The number of hydrogen-bond donors (Lipinski definition) is 3. The molecular weight excluding hydrogens is 410 g/mol. The van der Waals surface area contributed by atoms with Crippen LogP contribution in [0.1, 0.15) is 27.7 Å². The van der Waals surface area contributed by atoms with Crippen LogP contribution in [-0.4, -0.2) is 64.3 Å². The summed E-state index contributed by atoms with van der Waals surface area (Å²) in [5, 5.41) is 25.2. The highest BCUT2D eigenvalue weighted by Gasteiger charge is 2.38. The molecule has 1 aromatic rings. The Morgan fingerprint density at radius 3 is 2.52 bits per heavy atom. The van der Waals surface area contributed by atoms with Crippen LogP contribution < -0.4 is 15.1 Å². The summed E-state index contributed by atoms with van der Waals surface area (Å²) in [4.78, 5) is 43.9. The lowest BCUT2D eigenvalue weighted by atomic mass is 9.90. The molecule has 0 aliphatic carbocycles. The third kappa shape index (κ3) is 5.89. The fourth-order valence-electron chi connectivity index (χ4n) is 3.42. The molecule has 3 atom stereocenters. The first kappa shape index (κ1) is 23.5. The number of nitrogens with one attached hydrogen (secondary N) is 1. The van der Waals surface area contributed by atoms with Gasteiger partial charge in [0.25, 0.3) is 0 Å². The number of carbonyl (C=O) groups excluding carboxylic acids is 1. The number of carbonyl (C=O) groups is 3. The van der Waals surface area contributed by atoms with Gasteiger partial charge in [-0.25, -0.2) is 14.4 Å². The van der Waals surface area contributed by atoms with Crippen LogP contribution >= 0.6 is 0 Å². The van der Waals surface area contributed by atoms with Crippen LogP contribution in [0.3, 0.4) is 0 Å². The number of ether oxygens (including phenoxy) is 1. The van der Waals surface area contributed by atoms with E-state index in [-0.39, 0.29) is 23.0 Å². The van der Waals surface area contributed by atoms with Crippen molar-refractivity contribution in [3.05, 3.63) is 28.9 Å². The summed E-state index contributed by atoms with van der Waals surface area (Å²) in [5.41, 5.74) is 8.36. The molecule has 1 saturated heterocycles. The largest absolute Gasteiger partial charge is 0.464 e. The molecule has 2 rings (SSSR count). The van der Waals surface area contributed by atoms with E-state index in [2.05, 4.69) is 20.3 Å². The second-order valence-electron chi connectivity index (χ2n) is 8.10. The SMILES string of the molecule is C[C@H]1CN(c2ccncc2N(C(=O)O)C(=O)O)C[C@@H](NC(=O)OC(C)(C)C)[C@H]1N=[N+]=[N-]. The zero-order chi connectivity index (χ0) is 23.3. The average molecular weight is 435 g/mol. The van der Waals surface area contributed by atoms with Crippen molar-refractivity contribution in [2.24, 2.45) is 11.0 Å². The first-order valence-electron chi connectivity index (χ1n) is 9.43. The number of pyridine rings is 1. The number of carboxylic acid groups (broad SMARTS) is 2.